The highest BCUT2D eigenvalue weighted by molar-refractivity contribution is 8.01. The smallest absolute Gasteiger partial charge is 0.340 e. The lowest BCUT2D eigenvalue weighted by molar-refractivity contribution is 0.0603. The molecule has 0 amide bonds. The maximum atomic E-state index is 11.6. The molecule has 2 aromatic heterocycles. The second-order valence-corrected chi connectivity index (χ2v) is 6.85. The van der Waals surface area contributed by atoms with E-state index in [-0.39, 0.29) is 5.97 Å². The van der Waals surface area contributed by atoms with Crippen molar-refractivity contribution in [2.75, 3.05) is 7.11 Å². The van der Waals surface area contributed by atoms with E-state index in [4.69, 9.17) is 4.74 Å². The lowest BCUT2D eigenvalue weighted by Crippen LogP contribution is -1.98. The fourth-order valence-corrected chi connectivity index (χ4v) is 4.89. The molecule has 0 aliphatic rings. The van der Waals surface area contributed by atoms with Gasteiger partial charge in [-0.2, -0.15) is 0 Å². The number of nitrogens with zero attached hydrogens (tertiary/aromatic N) is 1. The summed E-state index contributed by atoms with van der Waals surface area (Å²) in [4.78, 5) is 18.2. The summed E-state index contributed by atoms with van der Waals surface area (Å²) >= 11 is 4.61. The van der Waals surface area contributed by atoms with Crippen molar-refractivity contribution in [1.82, 2.24) is 4.98 Å². The van der Waals surface area contributed by atoms with E-state index in [2.05, 4.69) is 4.98 Å². The Kier molecular flexibility index (Phi) is 3.54. The molecule has 0 fully saturated rings. The molecule has 0 bridgehead atoms. The second-order valence-electron chi connectivity index (χ2n) is 3.67. The van der Waals surface area contributed by atoms with Crippen LogP contribution < -0.4 is 0 Å². The van der Waals surface area contributed by atoms with Gasteiger partial charge in [-0.3, -0.25) is 0 Å². The highest BCUT2D eigenvalue weighted by atomic mass is 32.2. The topological polar surface area (TPSA) is 39.2 Å². The molecule has 0 aliphatic carbocycles. The van der Waals surface area contributed by atoms with Gasteiger partial charge in [-0.25, -0.2) is 9.78 Å². The molecule has 3 nitrogen and oxygen atoms in total. The lowest BCUT2D eigenvalue weighted by Gasteiger charge is -1.95. The van der Waals surface area contributed by atoms with Gasteiger partial charge in [0, 0.05) is 10.3 Å². The summed E-state index contributed by atoms with van der Waals surface area (Å²) in [6.45, 7) is 0. The van der Waals surface area contributed by atoms with E-state index < -0.39 is 0 Å². The molecule has 0 atom stereocenters. The van der Waals surface area contributed by atoms with Crippen LogP contribution in [0, 0.1) is 0 Å². The Labute approximate surface area is 122 Å². The number of carbonyl (C=O) groups excluding carboxylic acids is 1. The lowest BCUT2D eigenvalue weighted by atomic mass is 10.3. The molecule has 2 heterocycles. The number of carbonyl (C=O) groups is 1. The van der Waals surface area contributed by atoms with Crippen LogP contribution in [0.2, 0.25) is 0 Å². The van der Waals surface area contributed by atoms with Crippen LogP contribution in [-0.4, -0.2) is 18.1 Å². The third kappa shape index (κ3) is 2.51. The zero-order valence-corrected chi connectivity index (χ0v) is 12.4. The fraction of sp³-hybridized carbons (Fsp3) is 0.0769. The van der Waals surface area contributed by atoms with Gasteiger partial charge in [0.2, 0.25) is 0 Å². The number of hydrogen-bond donors (Lipinski definition) is 0. The van der Waals surface area contributed by atoms with Crippen LogP contribution in [-0.2, 0) is 4.74 Å². The van der Waals surface area contributed by atoms with Crippen molar-refractivity contribution in [3.8, 4) is 0 Å². The van der Waals surface area contributed by atoms with E-state index in [1.807, 2.05) is 30.3 Å². The Balaban J connectivity index is 1.94. The fourth-order valence-electron chi connectivity index (χ4n) is 1.59. The third-order valence-corrected chi connectivity index (χ3v) is 5.62. The van der Waals surface area contributed by atoms with Gasteiger partial charge in [0.1, 0.15) is 4.83 Å². The molecular weight excluding hydrogens is 298 g/mol. The maximum absolute atomic E-state index is 11.6. The molecular formula is C13H9NO2S3. The Bertz CT molecular complexity index is 718. The van der Waals surface area contributed by atoms with Crippen molar-refractivity contribution in [3.63, 3.8) is 0 Å². The molecule has 3 rings (SSSR count). The van der Waals surface area contributed by atoms with Crippen LogP contribution >= 0.6 is 34.4 Å². The summed E-state index contributed by atoms with van der Waals surface area (Å²) in [6.07, 6.45) is 0. The molecule has 0 aliphatic heterocycles. The van der Waals surface area contributed by atoms with E-state index >= 15 is 0 Å². The Morgan fingerprint density at radius 2 is 2.11 bits per heavy atom. The van der Waals surface area contributed by atoms with E-state index in [0.29, 0.717) is 5.56 Å². The Morgan fingerprint density at radius 1 is 1.32 bits per heavy atom. The number of thiazole rings is 1. The summed E-state index contributed by atoms with van der Waals surface area (Å²) < 4.78 is 6.63. The summed E-state index contributed by atoms with van der Waals surface area (Å²) in [7, 11) is 1.40. The van der Waals surface area contributed by atoms with Crippen LogP contribution in [0.25, 0.3) is 9.53 Å². The number of esters is 1. The maximum Gasteiger partial charge on any atom is 0.340 e. The second kappa shape index (κ2) is 5.32. The molecule has 0 saturated heterocycles. The van der Waals surface area contributed by atoms with Crippen LogP contribution in [0.15, 0.2) is 44.9 Å². The minimum absolute atomic E-state index is 0.300. The van der Waals surface area contributed by atoms with E-state index in [9.17, 15) is 4.79 Å². The number of benzene rings is 1. The normalized spacial score (nSPS) is 10.8. The molecule has 0 unspecified atom stereocenters. The van der Waals surface area contributed by atoms with Crippen molar-refractivity contribution < 1.29 is 9.53 Å². The third-order valence-electron chi connectivity index (χ3n) is 2.46. The molecule has 6 heteroatoms. The first kappa shape index (κ1) is 12.7. The van der Waals surface area contributed by atoms with Crippen LogP contribution in [0.5, 0.6) is 0 Å². The van der Waals surface area contributed by atoms with Gasteiger partial charge in [-0.15, -0.1) is 22.7 Å². The van der Waals surface area contributed by atoms with Gasteiger partial charge < -0.3 is 4.74 Å². The van der Waals surface area contributed by atoms with E-state index in [1.165, 1.54) is 29.8 Å². The molecule has 19 heavy (non-hydrogen) atoms. The number of ether oxygens (including phenoxy) is 1. The predicted molar refractivity (Wildman–Crippen MR) is 79.4 cm³/mol. The van der Waals surface area contributed by atoms with Gasteiger partial charge >= 0.3 is 5.97 Å². The highest BCUT2D eigenvalue weighted by Crippen LogP contribution is 2.38. The number of rotatable bonds is 3. The summed E-state index contributed by atoms with van der Waals surface area (Å²) in [5.74, 6) is -0.300. The standard InChI is InChI=1S/C13H9NO2S3/c1-16-12(15)9-7-17-11-10(9)19-13(14-11)18-8-5-3-2-4-6-8/h2-7H,1H3. The predicted octanol–water partition coefficient (Wildman–Crippen LogP) is 4.30. The van der Waals surface area contributed by atoms with Gasteiger partial charge in [0.25, 0.3) is 0 Å². The first-order chi connectivity index (χ1) is 9.28. The summed E-state index contributed by atoms with van der Waals surface area (Å²) in [5, 5.41) is 1.80. The summed E-state index contributed by atoms with van der Waals surface area (Å²) in [6, 6.07) is 10.1. The van der Waals surface area contributed by atoms with Gasteiger partial charge in [-0.1, -0.05) is 30.0 Å². The number of hydrogen-bond acceptors (Lipinski definition) is 6. The van der Waals surface area contributed by atoms with Crippen molar-refractivity contribution in [3.05, 3.63) is 41.3 Å². The molecule has 3 aromatic rings. The number of methoxy groups -OCH3 is 1. The SMILES string of the molecule is COC(=O)c1csc2nc(Sc3ccccc3)sc12. The highest BCUT2D eigenvalue weighted by Gasteiger charge is 2.17. The van der Waals surface area contributed by atoms with E-state index in [1.54, 1.807) is 17.1 Å². The first-order valence-corrected chi connectivity index (χ1v) is 7.98. The molecule has 0 radical (unpaired) electrons. The average Bonchev–Trinajstić information content (AvgIpc) is 2.98. The van der Waals surface area contributed by atoms with Crippen LogP contribution in [0.4, 0.5) is 0 Å². The Hall–Kier alpha value is -1.37. The number of thiophene rings is 1. The largest absolute Gasteiger partial charge is 0.465 e. The van der Waals surface area contributed by atoms with Crippen molar-refractivity contribution in [1.29, 1.82) is 0 Å². The zero-order valence-electron chi connectivity index (χ0n) is 9.95. The van der Waals surface area contributed by atoms with Crippen LogP contribution in [0.1, 0.15) is 10.4 Å². The molecule has 1 aromatic carbocycles. The first-order valence-electron chi connectivity index (χ1n) is 5.47. The van der Waals surface area contributed by atoms with Crippen molar-refractivity contribution in [2.45, 2.75) is 9.24 Å². The minimum Gasteiger partial charge on any atom is -0.465 e. The molecule has 96 valence electrons. The van der Waals surface area contributed by atoms with Gasteiger partial charge in [0.15, 0.2) is 4.34 Å². The molecule has 0 spiro atoms. The zero-order chi connectivity index (χ0) is 13.2. The van der Waals surface area contributed by atoms with Gasteiger partial charge in [-0.05, 0) is 12.1 Å². The van der Waals surface area contributed by atoms with Crippen LogP contribution in [0.3, 0.4) is 0 Å². The summed E-state index contributed by atoms with van der Waals surface area (Å²) in [5.41, 5.74) is 0.611. The average molecular weight is 307 g/mol. The molecule has 0 saturated carbocycles. The monoisotopic (exact) mass is 307 g/mol. The quantitative estimate of drug-likeness (QED) is 0.676. The number of aromatic nitrogens is 1. The van der Waals surface area contributed by atoms with Crippen molar-refractivity contribution >= 4 is 49.9 Å². The van der Waals surface area contributed by atoms with Gasteiger partial charge in [0.05, 0.1) is 17.4 Å². The van der Waals surface area contributed by atoms with E-state index in [0.717, 1.165) is 18.8 Å². The minimum atomic E-state index is -0.300. The number of fused-ring (bicyclic) bond motifs is 1. The Morgan fingerprint density at radius 3 is 2.84 bits per heavy atom. The molecule has 0 N–H and O–H groups in total. The van der Waals surface area contributed by atoms with Crippen molar-refractivity contribution in [2.24, 2.45) is 0 Å².